The van der Waals surface area contributed by atoms with Gasteiger partial charge in [-0.15, -0.1) is 0 Å². The van der Waals surface area contributed by atoms with Gasteiger partial charge in [0.2, 0.25) is 5.91 Å². The van der Waals surface area contributed by atoms with Crippen molar-refractivity contribution in [3.05, 3.63) is 23.2 Å². The van der Waals surface area contributed by atoms with Gasteiger partial charge in [-0.2, -0.15) is 0 Å². The molecule has 1 aliphatic heterocycles. The average molecular weight is 279 g/mol. The summed E-state index contributed by atoms with van der Waals surface area (Å²) in [7, 11) is 0. The number of fused-ring (bicyclic) bond motifs is 1. The van der Waals surface area contributed by atoms with E-state index >= 15 is 0 Å². The van der Waals surface area contributed by atoms with Gasteiger partial charge in [0.05, 0.1) is 16.4 Å². The van der Waals surface area contributed by atoms with Gasteiger partial charge in [0.1, 0.15) is 5.54 Å². The van der Waals surface area contributed by atoms with E-state index in [9.17, 15) is 4.79 Å². The van der Waals surface area contributed by atoms with Crippen molar-refractivity contribution in [1.82, 2.24) is 0 Å². The number of para-hydroxylation sites is 1. The minimum absolute atomic E-state index is 0.142. The van der Waals surface area contributed by atoms with Gasteiger partial charge in [0.15, 0.2) is 0 Å². The Labute approximate surface area is 118 Å². The molecule has 0 aromatic heterocycles. The van der Waals surface area contributed by atoms with Crippen molar-refractivity contribution in [2.45, 2.75) is 44.6 Å². The lowest BCUT2D eigenvalue weighted by atomic mass is 9.77. The molecule has 1 aromatic rings. The van der Waals surface area contributed by atoms with Crippen molar-refractivity contribution in [3.8, 4) is 0 Å². The highest BCUT2D eigenvalue weighted by Crippen LogP contribution is 2.46. The zero-order valence-electron chi connectivity index (χ0n) is 11.2. The minimum Gasteiger partial charge on any atom is -0.354 e. The predicted molar refractivity (Wildman–Crippen MR) is 78.9 cm³/mol. The molecule has 19 heavy (non-hydrogen) atoms. The first-order valence-corrected chi connectivity index (χ1v) is 7.44. The molecular weight excluding hydrogens is 260 g/mol. The summed E-state index contributed by atoms with van der Waals surface area (Å²) in [5.41, 5.74) is 1.45. The molecule has 102 valence electrons. The molecule has 2 aliphatic rings. The van der Waals surface area contributed by atoms with E-state index in [-0.39, 0.29) is 11.4 Å². The molecule has 4 heteroatoms. The zero-order valence-corrected chi connectivity index (χ0v) is 12.0. The molecule has 3 nitrogen and oxygen atoms in total. The Morgan fingerprint density at radius 1 is 1.32 bits per heavy atom. The van der Waals surface area contributed by atoms with E-state index in [1.807, 2.05) is 18.2 Å². The van der Waals surface area contributed by atoms with E-state index in [0.29, 0.717) is 0 Å². The van der Waals surface area contributed by atoms with Crippen LogP contribution in [-0.4, -0.2) is 18.0 Å². The van der Waals surface area contributed by atoms with Crippen LogP contribution < -0.4 is 10.2 Å². The summed E-state index contributed by atoms with van der Waals surface area (Å²) < 4.78 is 0. The standard InChI is InChI=1S/C15H19ClN2O/c1-2-18-13-11(16)7-6-8-12(13)17-14(19)15(18)9-4-3-5-10-15/h6-8H,2-5,9-10H2,1H3,(H,17,19). The van der Waals surface area contributed by atoms with E-state index in [4.69, 9.17) is 11.6 Å². The molecular formula is C15H19ClN2O. The molecule has 1 N–H and O–H groups in total. The molecule has 1 amide bonds. The molecule has 1 heterocycles. The van der Waals surface area contributed by atoms with Crippen molar-refractivity contribution in [1.29, 1.82) is 0 Å². The van der Waals surface area contributed by atoms with Gasteiger partial charge >= 0.3 is 0 Å². The number of rotatable bonds is 1. The summed E-state index contributed by atoms with van der Waals surface area (Å²) in [6.45, 7) is 2.91. The SMILES string of the molecule is CCN1c2c(Cl)cccc2NC(=O)C12CCCCC2. The zero-order chi connectivity index (χ0) is 13.5. The molecule has 1 saturated carbocycles. The van der Waals surface area contributed by atoms with Gasteiger partial charge in [-0.25, -0.2) is 0 Å². The molecule has 0 saturated heterocycles. The van der Waals surface area contributed by atoms with Gasteiger partial charge in [0, 0.05) is 6.54 Å². The fourth-order valence-corrected chi connectivity index (χ4v) is 3.84. The van der Waals surface area contributed by atoms with Crippen LogP contribution in [0, 0.1) is 0 Å². The lowest BCUT2D eigenvalue weighted by molar-refractivity contribution is -0.122. The van der Waals surface area contributed by atoms with Crippen molar-refractivity contribution in [2.24, 2.45) is 0 Å². The van der Waals surface area contributed by atoms with Crippen LogP contribution in [0.2, 0.25) is 5.02 Å². The van der Waals surface area contributed by atoms with Gasteiger partial charge < -0.3 is 10.2 Å². The summed E-state index contributed by atoms with van der Waals surface area (Å²) in [4.78, 5) is 14.8. The average Bonchev–Trinajstić information content (AvgIpc) is 2.42. The monoisotopic (exact) mass is 278 g/mol. The van der Waals surface area contributed by atoms with E-state index in [0.717, 1.165) is 48.6 Å². The Morgan fingerprint density at radius 3 is 2.74 bits per heavy atom. The fraction of sp³-hybridized carbons (Fsp3) is 0.533. The number of halogens is 1. The highest BCUT2D eigenvalue weighted by molar-refractivity contribution is 6.34. The topological polar surface area (TPSA) is 32.3 Å². The number of carbonyl (C=O) groups is 1. The van der Waals surface area contributed by atoms with E-state index < -0.39 is 0 Å². The minimum atomic E-state index is -0.384. The number of hydrogen-bond acceptors (Lipinski definition) is 2. The number of likely N-dealkylation sites (N-methyl/N-ethyl adjacent to an activating group) is 1. The van der Waals surface area contributed by atoms with Gasteiger partial charge in [-0.3, -0.25) is 4.79 Å². The number of amides is 1. The summed E-state index contributed by atoms with van der Waals surface area (Å²) in [6, 6.07) is 5.71. The third-order valence-electron chi connectivity index (χ3n) is 4.44. The van der Waals surface area contributed by atoms with Crippen LogP contribution in [0.1, 0.15) is 39.0 Å². The quantitative estimate of drug-likeness (QED) is 0.847. The second-order valence-electron chi connectivity index (χ2n) is 5.43. The second-order valence-corrected chi connectivity index (χ2v) is 5.83. The third kappa shape index (κ3) is 1.83. The molecule has 0 radical (unpaired) electrons. The molecule has 1 fully saturated rings. The van der Waals surface area contributed by atoms with Crippen LogP contribution >= 0.6 is 11.6 Å². The van der Waals surface area contributed by atoms with Crippen LogP contribution in [0.25, 0.3) is 0 Å². The molecule has 0 unspecified atom stereocenters. The third-order valence-corrected chi connectivity index (χ3v) is 4.75. The smallest absolute Gasteiger partial charge is 0.250 e. The van der Waals surface area contributed by atoms with Crippen LogP contribution in [0.5, 0.6) is 0 Å². The first-order chi connectivity index (χ1) is 9.19. The Balaban J connectivity index is 2.13. The molecule has 1 spiro atoms. The van der Waals surface area contributed by atoms with Crippen molar-refractivity contribution in [2.75, 3.05) is 16.8 Å². The number of carbonyl (C=O) groups excluding carboxylic acids is 1. The van der Waals surface area contributed by atoms with Gasteiger partial charge in [-0.1, -0.05) is 36.9 Å². The van der Waals surface area contributed by atoms with Crippen LogP contribution in [0.4, 0.5) is 11.4 Å². The lowest BCUT2D eigenvalue weighted by Gasteiger charge is -2.49. The molecule has 0 atom stereocenters. The Bertz CT molecular complexity index is 509. The molecule has 3 rings (SSSR count). The van der Waals surface area contributed by atoms with Crippen molar-refractivity contribution in [3.63, 3.8) is 0 Å². The van der Waals surface area contributed by atoms with Crippen LogP contribution in [0.3, 0.4) is 0 Å². The molecule has 1 aliphatic carbocycles. The number of benzene rings is 1. The number of anilines is 2. The Hall–Kier alpha value is -1.22. The van der Waals surface area contributed by atoms with Gasteiger partial charge in [-0.05, 0) is 31.9 Å². The maximum atomic E-state index is 12.6. The van der Waals surface area contributed by atoms with E-state index in [1.165, 1.54) is 6.42 Å². The van der Waals surface area contributed by atoms with Gasteiger partial charge in [0.25, 0.3) is 0 Å². The Morgan fingerprint density at radius 2 is 2.05 bits per heavy atom. The summed E-state index contributed by atoms with van der Waals surface area (Å²) in [5.74, 6) is 0.142. The van der Waals surface area contributed by atoms with E-state index in [1.54, 1.807) is 0 Å². The number of nitrogens with zero attached hydrogens (tertiary/aromatic N) is 1. The first kappa shape index (κ1) is 12.8. The highest BCUT2D eigenvalue weighted by Gasteiger charge is 2.48. The maximum Gasteiger partial charge on any atom is 0.250 e. The van der Waals surface area contributed by atoms with Crippen LogP contribution in [-0.2, 0) is 4.79 Å². The maximum absolute atomic E-state index is 12.6. The first-order valence-electron chi connectivity index (χ1n) is 7.06. The normalized spacial score (nSPS) is 21.2. The fourth-order valence-electron chi connectivity index (χ4n) is 3.56. The highest BCUT2D eigenvalue weighted by atomic mass is 35.5. The molecule has 1 aromatic carbocycles. The van der Waals surface area contributed by atoms with E-state index in [2.05, 4.69) is 17.1 Å². The largest absolute Gasteiger partial charge is 0.354 e. The predicted octanol–water partition coefficient (Wildman–Crippen LogP) is 3.82. The van der Waals surface area contributed by atoms with Crippen molar-refractivity contribution >= 4 is 28.9 Å². The lowest BCUT2D eigenvalue weighted by Crippen LogP contribution is -2.60. The summed E-state index contributed by atoms with van der Waals surface area (Å²) in [6.07, 6.45) is 5.31. The molecule has 0 bridgehead atoms. The number of nitrogens with one attached hydrogen (secondary N) is 1. The Kier molecular flexibility index (Phi) is 3.17. The summed E-state index contributed by atoms with van der Waals surface area (Å²) >= 11 is 6.37. The van der Waals surface area contributed by atoms with Crippen molar-refractivity contribution < 1.29 is 4.79 Å². The number of hydrogen-bond donors (Lipinski definition) is 1. The second kappa shape index (κ2) is 4.71. The summed E-state index contributed by atoms with van der Waals surface area (Å²) in [5, 5.41) is 3.79. The van der Waals surface area contributed by atoms with Crippen LogP contribution in [0.15, 0.2) is 18.2 Å².